The average Bonchev–Trinajstić information content (AvgIpc) is 2.52. The van der Waals surface area contributed by atoms with Gasteiger partial charge in [0.2, 0.25) is 0 Å². The molecule has 0 heterocycles. The summed E-state index contributed by atoms with van der Waals surface area (Å²) in [6.45, 7) is 7.87. The Morgan fingerprint density at radius 2 is 1.77 bits per heavy atom. The highest BCUT2D eigenvalue weighted by Gasteiger charge is 2.03. The molecule has 118 valence electrons. The fraction of sp³-hybridized carbons (Fsp3) is 0.368. The first-order valence-corrected chi connectivity index (χ1v) is 7.68. The SMILES string of the molecule is COc1ccc(C)cc1NCc1ccc(OCC(C)C)cc1. The lowest BCUT2D eigenvalue weighted by Crippen LogP contribution is -2.05. The lowest BCUT2D eigenvalue weighted by molar-refractivity contribution is 0.271. The van der Waals surface area contributed by atoms with Crippen LogP contribution in [0.4, 0.5) is 5.69 Å². The molecule has 0 aromatic heterocycles. The maximum absolute atomic E-state index is 5.70. The molecule has 0 amide bonds. The number of anilines is 1. The number of nitrogens with one attached hydrogen (secondary N) is 1. The van der Waals surface area contributed by atoms with Gasteiger partial charge in [-0.3, -0.25) is 0 Å². The Kier molecular flexibility index (Phi) is 5.70. The van der Waals surface area contributed by atoms with Crippen molar-refractivity contribution >= 4 is 5.69 Å². The number of aryl methyl sites for hydroxylation is 1. The summed E-state index contributed by atoms with van der Waals surface area (Å²) >= 11 is 0. The standard InChI is InChI=1S/C19H25NO2/c1-14(2)13-22-17-8-6-16(7-9-17)12-20-18-11-15(3)5-10-19(18)21-4/h5-11,14,20H,12-13H2,1-4H3. The highest BCUT2D eigenvalue weighted by Crippen LogP contribution is 2.26. The molecule has 0 spiro atoms. The molecule has 0 unspecified atom stereocenters. The average molecular weight is 299 g/mol. The topological polar surface area (TPSA) is 30.5 Å². The lowest BCUT2D eigenvalue weighted by Gasteiger charge is -2.13. The van der Waals surface area contributed by atoms with Crippen LogP contribution in [0.25, 0.3) is 0 Å². The molecule has 1 N–H and O–H groups in total. The number of hydrogen-bond acceptors (Lipinski definition) is 3. The van der Waals surface area contributed by atoms with Gasteiger partial charge in [0, 0.05) is 6.54 Å². The van der Waals surface area contributed by atoms with Crippen molar-refractivity contribution in [2.45, 2.75) is 27.3 Å². The minimum Gasteiger partial charge on any atom is -0.495 e. The fourth-order valence-electron chi connectivity index (χ4n) is 2.12. The predicted molar refractivity (Wildman–Crippen MR) is 91.8 cm³/mol. The molecule has 3 heteroatoms. The normalized spacial score (nSPS) is 10.6. The fourth-order valence-corrected chi connectivity index (χ4v) is 2.12. The summed E-state index contributed by atoms with van der Waals surface area (Å²) in [6, 6.07) is 14.3. The van der Waals surface area contributed by atoms with Gasteiger partial charge in [0.25, 0.3) is 0 Å². The van der Waals surface area contributed by atoms with E-state index in [-0.39, 0.29) is 0 Å². The van der Waals surface area contributed by atoms with Gasteiger partial charge >= 0.3 is 0 Å². The monoisotopic (exact) mass is 299 g/mol. The van der Waals surface area contributed by atoms with Crippen molar-refractivity contribution in [1.29, 1.82) is 0 Å². The van der Waals surface area contributed by atoms with Crippen molar-refractivity contribution in [3.63, 3.8) is 0 Å². The van der Waals surface area contributed by atoms with Gasteiger partial charge in [0.1, 0.15) is 11.5 Å². The zero-order valence-corrected chi connectivity index (χ0v) is 13.8. The summed E-state index contributed by atoms with van der Waals surface area (Å²) in [5, 5.41) is 3.43. The van der Waals surface area contributed by atoms with Crippen LogP contribution in [-0.4, -0.2) is 13.7 Å². The Bertz CT molecular complexity index is 591. The van der Waals surface area contributed by atoms with Gasteiger partial charge in [0.05, 0.1) is 19.4 Å². The largest absolute Gasteiger partial charge is 0.495 e. The second-order valence-corrected chi connectivity index (χ2v) is 5.91. The quantitative estimate of drug-likeness (QED) is 0.807. The van der Waals surface area contributed by atoms with Crippen molar-refractivity contribution in [1.82, 2.24) is 0 Å². The third-order valence-corrected chi connectivity index (χ3v) is 3.34. The summed E-state index contributed by atoms with van der Waals surface area (Å²) in [5.41, 5.74) is 3.43. The van der Waals surface area contributed by atoms with Gasteiger partial charge in [-0.25, -0.2) is 0 Å². The van der Waals surface area contributed by atoms with E-state index in [1.54, 1.807) is 7.11 Å². The minimum absolute atomic E-state index is 0.537. The van der Waals surface area contributed by atoms with Crippen LogP contribution in [0.3, 0.4) is 0 Å². The zero-order valence-electron chi connectivity index (χ0n) is 13.8. The molecule has 2 aromatic rings. The molecule has 0 atom stereocenters. The molecular weight excluding hydrogens is 274 g/mol. The second kappa shape index (κ2) is 7.74. The van der Waals surface area contributed by atoms with Gasteiger partial charge in [0.15, 0.2) is 0 Å². The molecule has 2 aromatic carbocycles. The number of methoxy groups -OCH3 is 1. The van der Waals surface area contributed by atoms with E-state index in [0.29, 0.717) is 5.92 Å². The highest BCUT2D eigenvalue weighted by atomic mass is 16.5. The first-order chi connectivity index (χ1) is 10.6. The Labute approximate surface area is 133 Å². The van der Waals surface area contributed by atoms with Crippen molar-refractivity contribution in [2.75, 3.05) is 19.0 Å². The minimum atomic E-state index is 0.537. The van der Waals surface area contributed by atoms with Gasteiger partial charge in [-0.2, -0.15) is 0 Å². The number of ether oxygens (including phenoxy) is 2. The summed E-state index contributed by atoms with van der Waals surface area (Å²) in [5.74, 6) is 2.32. The third kappa shape index (κ3) is 4.69. The molecule has 0 fully saturated rings. The first kappa shape index (κ1) is 16.2. The van der Waals surface area contributed by atoms with Crippen molar-refractivity contribution in [3.8, 4) is 11.5 Å². The lowest BCUT2D eigenvalue weighted by atomic mass is 10.2. The van der Waals surface area contributed by atoms with Crippen molar-refractivity contribution in [2.24, 2.45) is 5.92 Å². The predicted octanol–water partition coefficient (Wildman–Crippen LogP) is 4.65. The van der Waals surface area contributed by atoms with Crippen LogP contribution in [0.5, 0.6) is 11.5 Å². The van der Waals surface area contributed by atoms with Crippen molar-refractivity contribution < 1.29 is 9.47 Å². The second-order valence-electron chi connectivity index (χ2n) is 5.91. The van der Waals surface area contributed by atoms with Crippen LogP contribution in [0.2, 0.25) is 0 Å². The third-order valence-electron chi connectivity index (χ3n) is 3.34. The maximum atomic E-state index is 5.70. The maximum Gasteiger partial charge on any atom is 0.141 e. The van der Waals surface area contributed by atoms with E-state index in [9.17, 15) is 0 Å². The molecule has 0 saturated carbocycles. The van der Waals surface area contributed by atoms with E-state index in [1.165, 1.54) is 11.1 Å². The van der Waals surface area contributed by atoms with Gasteiger partial charge in [-0.1, -0.05) is 32.0 Å². The Hall–Kier alpha value is -2.16. The Morgan fingerprint density at radius 3 is 2.41 bits per heavy atom. The van der Waals surface area contributed by atoms with Gasteiger partial charge in [-0.05, 0) is 48.2 Å². The molecule has 0 aliphatic heterocycles. The summed E-state index contributed by atoms with van der Waals surface area (Å²) < 4.78 is 11.1. The molecule has 0 saturated heterocycles. The van der Waals surface area contributed by atoms with Crippen LogP contribution in [0.15, 0.2) is 42.5 Å². The van der Waals surface area contributed by atoms with Gasteiger partial charge < -0.3 is 14.8 Å². The Balaban J connectivity index is 1.95. The molecular formula is C19H25NO2. The first-order valence-electron chi connectivity index (χ1n) is 7.68. The Morgan fingerprint density at radius 1 is 1.05 bits per heavy atom. The molecule has 0 bridgehead atoms. The number of benzene rings is 2. The zero-order chi connectivity index (χ0) is 15.9. The highest BCUT2D eigenvalue weighted by molar-refractivity contribution is 5.58. The molecule has 2 rings (SSSR count). The van der Waals surface area contributed by atoms with Crippen LogP contribution in [-0.2, 0) is 6.54 Å². The summed E-state index contributed by atoms with van der Waals surface area (Å²) in [6.07, 6.45) is 0. The van der Waals surface area contributed by atoms with Gasteiger partial charge in [-0.15, -0.1) is 0 Å². The molecule has 22 heavy (non-hydrogen) atoms. The summed E-state index contributed by atoms with van der Waals surface area (Å²) in [4.78, 5) is 0. The van der Waals surface area contributed by atoms with Crippen LogP contribution >= 0.6 is 0 Å². The molecule has 0 radical (unpaired) electrons. The molecule has 0 aliphatic rings. The number of hydrogen-bond donors (Lipinski definition) is 1. The molecule has 0 aliphatic carbocycles. The van der Waals surface area contributed by atoms with Crippen LogP contribution in [0.1, 0.15) is 25.0 Å². The van der Waals surface area contributed by atoms with Crippen molar-refractivity contribution in [3.05, 3.63) is 53.6 Å². The van der Waals surface area contributed by atoms with E-state index in [1.807, 2.05) is 24.3 Å². The van der Waals surface area contributed by atoms with Crippen LogP contribution in [0, 0.1) is 12.8 Å². The number of rotatable bonds is 7. The van der Waals surface area contributed by atoms with E-state index in [2.05, 4.69) is 44.3 Å². The van der Waals surface area contributed by atoms with E-state index in [4.69, 9.17) is 9.47 Å². The van der Waals surface area contributed by atoms with E-state index in [0.717, 1.165) is 30.3 Å². The van der Waals surface area contributed by atoms with E-state index < -0.39 is 0 Å². The smallest absolute Gasteiger partial charge is 0.141 e. The summed E-state index contributed by atoms with van der Waals surface area (Å²) in [7, 11) is 1.69. The molecule has 3 nitrogen and oxygen atoms in total. The van der Waals surface area contributed by atoms with E-state index >= 15 is 0 Å². The van der Waals surface area contributed by atoms with Crippen LogP contribution < -0.4 is 14.8 Å².